The van der Waals surface area contributed by atoms with Crippen molar-refractivity contribution in [1.29, 1.82) is 0 Å². The van der Waals surface area contributed by atoms with Gasteiger partial charge in [-0.3, -0.25) is 0 Å². The third-order valence-corrected chi connectivity index (χ3v) is 8.35. The van der Waals surface area contributed by atoms with Crippen molar-refractivity contribution in [1.82, 2.24) is 0 Å². The minimum Gasteiger partial charge on any atom is -0.393 e. The van der Waals surface area contributed by atoms with Gasteiger partial charge >= 0.3 is 0 Å². The van der Waals surface area contributed by atoms with E-state index in [2.05, 4.69) is 41.5 Å². The number of aldehydes is 1. The summed E-state index contributed by atoms with van der Waals surface area (Å²) in [6.45, 7) is 13.7. The zero-order valence-corrected chi connectivity index (χ0v) is 18.8. The smallest absolute Gasteiger partial charge is 0.125 e. The fourth-order valence-corrected chi connectivity index (χ4v) is 4.93. The van der Waals surface area contributed by atoms with E-state index >= 15 is 0 Å². The van der Waals surface area contributed by atoms with Crippen LogP contribution in [-0.4, -0.2) is 28.7 Å². The number of aliphatic hydroxyl groups is 2. The van der Waals surface area contributed by atoms with E-state index in [0.717, 1.165) is 50.7 Å². The Labute approximate surface area is 168 Å². The lowest BCUT2D eigenvalue weighted by atomic mass is 9.66. The molecule has 2 saturated carbocycles. The number of aliphatic hydroxyl groups excluding tert-OH is 2. The lowest BCUT2D eigenvalue weighted by Crippen LogP contribution is -2.36. The van der Waals surface area contributed by atoms with Gasteiger partial charge in [0.05, 0.1) is 12.2 Å². The Bertz CT molecular complexity index is 419. The molecule has 3 nitrogen and oxygen atoms in total. The first kappa shape index (κ1) is 24.6. The monoisotopic (exact) mass is 382 g/mol. The molecule has 2 N–H and O–H groups in total. The Hall–Kier alpha value is -0.410. The van der Waals surface area contributed by atoms with Crippen molar-refractivity contribution in [2.45, 2.75) is 118 Å². The van der Waals surface area contributed by atoms with Crippen LogP contribution in [0.15, 0.2) is 0 Å². The average Bonchev–Trinajstić information content (AvgIpc) is 2.68. The van der Waals surface area contributed by atoms with E-state index < -0.39 is 6.10 Å². The predicted octanol–water partition coefficient (Wildman–Crippen LogP) is 5.76. The first-order valence-electron chi connectivity index (χ1n) is 11.4. The maximum absolute atomic E-state index is 10.8. The molecular formula is C24H46O3. The van der Waals surface area contributed by atoms with E-state index in [1.54, 1.807) is 0 Å². The van der Waals surface area contributed by atoms with Crippen LogP contribution in [-0.2, 0) is 4.79 Å². The van der Waals surface area contributed by atoms with Gasteiger partial charge in [0.1, 0.15) is 6.29 Å². The summed E-state index contributed by atoms with van der Waals surface area (Å²) in [5.74, 6) is 1.32. The van der Waals surface area contributed by atoms with E-state index in [1.807, 2.05) is 0 Å². The highest BCUT2D eigenvalue weighted by Crippen LogP contribution is 2.43. The number of hydrogen-bond acceptors (Lipinski definition) is 3. The molecule has 0 radical (unpaired) electrons. The SMILES string of the molecule is CCC(C)(C)C1CCC(O)C(C=O)C1.CCC(C)(CC)C1CCC(O)CC1. The molecular weight excluding hydrogens is 336 g/mol. The third-order valence-electron chi connectivity index (χ3n) is 8.35. The Kier molecular flexibility index (Phi) is 9.99. The van der Waals surface area contributed by atoms with Gasteiger partial charge in [-0.15, -0.1) is 0 Å². The quantitative estimate of drug-likeness (QED) is 0.574. The fraction of sp³-hybridized carbons (Fsp3) is 0.958. The Morgan fingerprint density at radius 3 is 1.78 bits per heavy atom. The first-order valence-corrected chi connectivity index (χ1v) is 11.4. The zero-order valence-electron chi connectivity index (χ0n) is 18.8. The third kappa shape index (κ3) is 6.85. The Morgan fingerprint density at radius 2 is 1.33 bits per heavy atom. The van der Waals surface area contributed by atoms with E-state index in [4.69, 9.17) is 0 Å². The maximum Gasteiger partial charge on any atom is 0.125 e. The molecule has 0 bridgehead atoms. The van der Waals surface area contributed by atoms with Crippen LogP contribution in [0.4, 0.5) is 0 Å². The maximum atomic E-state index is 10.8. The Balaban J connectivity index is 0.000000271. The second kappa shape index (κ2) is 11.0. The van der Waals surface area contributed by atoms with Crippen molar-refractivity contribution in [3.8, 4) is 0 Å². The van der Waals surface area contributed by atoms with Crippen molar-refractivity contribution < 1.29 is 15.0 Å². The van der Waals surface area contributed by atoms with Gasteiger partial charge in [0.2, 0.25) is 0 Å². The number of hydrogen-bond donors (Lipinski definition) is 2. The van der Waals surface area contributed by atoms with Crippen molar-refractivity contribution in [3.05, 3.63) is 0 Å². The van der Waals surface area contributed by atoms with Crippen LogP contribution in [0.2, 0.25) is 0 Å². The van der Waals surface area contributed by atoms with Crippen LogP contribution in [0, 0.1) is 28.6 Å². The molecule has 0 spiro atoms. The summed E-state index contributed by atoms with van der Waals surface area (Å²) >= 11 is 0. The minimum atomic E-state index is -0.392. The summed E-state index contributed by atoms with van der Waals surface area (Å²) in [6, 6.07) is 0. The molecule has 0 aliphatic heterocycles. The van der Waals surface area contributed by atoms with Gasteiger partial charge in [0, 0.05) is 5.92 Å². The van der Waals surface area contributed by atoms with Gasteiger partial charge in [0.15, 0.2) is 0 Å². The molecule has 3 heteroatoms. The molecule has 3 unspecified atom stereocenters. The molecule has 0 saturated heterocycles. The van der Waals surface area contributed by atoms with E-state index in [9.17, 15) is 15.0 Å². The lowest BCUT2D eigenvalue weighted by Gasteiger charge is -2.40. The summed E-state index contributed by atoms with van der Waals surface area (Å²) < 4.78 is 0. The van der Waals surface area contributed by atoms with Gasteiger partial charge in [-0.05, 0) is 67.6 Å². The van der Waals surface area contributed by atoms with Gasteiger partial charge in [-0.2, -0.15) is 0 Å². The second-order valence-electron chi connectivity index (χ2n) is 10.1. The molecule has 160 valence electrons. The molecule has 3 atom stereocenters. The normalized spacial score (nSPS) is 32.4. The minimum absolute atomic E-state index is 0.00536. The second-order valence-corrected chi connectivity index (χ2v) is 10.1. The molecule has 2 fully saturated rings. The fourth-order valence-electron chi connectivity index (χ4n) is 4.93. The molecule has 2 rings (SSSR count). The number of rotatable bonds is 6. The highest BCUT2D eigenvalue weighted by Gasteiger charge is 2.36. The van der Waals surface area contributed by atoms with Crippen LogP contribution in [0.5, 0.6) is 0 Å². The van der Waals surface area contributed by atoms with Gasteiger partial charge in [-0.25, -0.2) is 0 Å². The summed E-state index contributed by atoms with van der Waals surface area (Å²) in [5.41, 5.74) is 0.835. The molecule has 0 aromatic carbocycles. The highest BCUT2D eigenvalue weighted by molar-refractivity contribution is 5.54. The molecule has 2 aliphatic carbocycles. The number of carbonyl (C=O) groups excluding carboxylic acids is 1. The van der Waals surface area contributed by atoms with Gasteiger partial charge in [0.25, 0.3) is 0 Å². The lowest BCUT2D eigenvalue weighted by molar-refractivity contribution is -0.117. The van der Waals surface area contributed by atoms with Crippen LogP contribution in [0.1, 0.15) is 106 Å². The Morgan fingerprint density at radius 1 is 0.815 bits per heavy atom. The molecule has 0 aromatic rings. The summed E-state index contributed by atoms with van der Waals surface area (Å²) in [5, 5.41) is 19.0. The average molecular weight is 383 g/mol. The van der Waals surface area contributed by atoms with Crippen LogP contribution < -0.4 is 0 Å². The summed E-state index contributed by atoms with van der Waals surface area (Å²) in [7, 11) is 0. The van der Waals surface area contributed by atoms with Crippen LogP contribution in [0.25, 0.3) is 0 Å². The van der Waals surface area contributed by atoms with E-state index in [0.29, 0.717) is 16.7 Å². The number of carbonyl (C=O) groups is 1. The molecule has 0 heterocycles. The van der Waals surface area contributed by atoms with Crippen LogP contribution in [0.3, 0.4) is 0 Å². The van der Waals surface area contributed by atoms with Crippen molar-refractivity contribution in [2.75, 3.05) is 0 Å². The summed E-state index contributed by atoms with van der Waals surface area (Å²) in [6.07, 6.45) is 11.5. The molecule has 0 amide bonds. The van der Waals surface area contributed by atoms with Crippen molar-refractivity contribution in [2.24, 2.45) is 28.6 Å². The molecule has 2 aliphatic rings. The van der Waals surface area contributed by atoms with Crippen molar-refractivity contribution in [3.63, 3.8) is 0 Å². The topological polar surface area (TPSA) is 57.5 Å². The van der Waals surface area contributed by atoms with E-state index in [-0.39, 0.29) is 12.0 Å². The standard InChI is InChI=1S/C12H22O2.C12H24O/c1-4-12(2,3)10-5-6-11(14)9(7-10)8-13;1-4-12(3,5-2)10-6-8-11(13)9-7-10/h8-11,14H,4-7H2,1-3H3;10-11,13H,4-9H2,1-3H3. The van der Waals surface area contributed by atoms with Gasteiger partial charge < -0.3 is 15.0 Å². The van der Waals surface area contributed by atoms with Crippen molar-refractivity contribution >= 4 is 6.29 Å². The first-order chi connectivity index (χ1) is 12.6. The van der Waals surface area contributed by atoms with E-state index in [1.165, 1.54) is 25.7 Å². The highest BCUT2D eigenvalue weighted by atomic mass is 16.3. The van der Waals surface area contributed by atoms with Gasteiger partial charge in [-0.1, -0.05) is 60.8 Å². The summed E-state index contributed by atoms with van der Waals surface area (Å²) in [4.78, 5) is 10.8. The van der Waals surface area contributed by atoms with Crippen LogP contribution >= 0.6 is 0 Å². The largest absolute Gasteiger partial charge is 0.393 e. The molecule has 0 aromatic heterocycles. The predicted molar refractivity (Wildman–Crippen MR) is 114 cm³/mol. The zero-order chi connectivity index (χ0) is 20.7. The molecule has 27 heavy (non-hydrogen) atoms.